The number of aliphatic hydroxyl groups excluding tert-OH is 1. The van der Waals surface area contributed by atoms with Crippen LogP contribution in [-0.2, 0) is 6.54 Å². The van der Waals surface area contributed by atoms with Gasteiger partial charge in [-0.05, 0) is 30.2 Å². The molecule has 0 aromatic heterocycles. The van der Waals surface area contributed by atoms with Crippen molar-refractivity contribution in [3.05, 3.63) is 28.2 Å². The summed E-state index contributed by atoms with van der Waals surface area (Å²) in [5.74, 6) is 0.526. The molecule has 0 atom stereocenters. The Labute approximate surface area is 133 Å². The molecule has 6 heteroatoms. The number of anilines is 1. The number of rotatable bonds is 9. The third kappa shape index (κ3) is 6.72. The van der Waals surface area contributed by atoms with Crippen LogP contribution < -0.4 is 10.2 Å². The highest BCUT2D eigenvalue weighted by molar-refractivity contribution is 9.10. The molecule has 0 unspecified atom stereocenters. The number of alkyl halides is 2. The van der Waals surface area contributed by atoms with Gasteiger partial charge in [0.05, 0.1) is 13.2 Å². The summed E-state index contributed by atoms with van der Waals surface area (Å²) in [7, 11) is 0. The molecule has 0 saturated carbocycles. The second kappa shape index (κ2) is 9.33. The molecule has 0 aliphatic rings. The summed E-state index contributed by atoms with van der Waals surface area (Å²) in [4.78, 5) is 1.53. The minimum Gasteiger partial charge on any atom is -0.395 e. The average Bonchev–Trinajstić information content (AvgIpc) is 2.39. The fraction of sp³-hybridized carbons (Fsp3) is 0.600. The molecule has 0 aliphatic carbocycles. The molecule has 0 fully saturated rings. The molecular formula is C15H23BrF2N2O. The van der Waals surface area contributed by atoms with Crippen LogP contribution in [0.15, 0.2) is 22.7 Å². The van der Waals surface area contributed by atoms with E-state index in [2.05, 4.69) is 35.1 Å². The van der Waals surface area contributed by atoms with Crippen molar-refractivity contribution in [1.29, 1.82) is 0 Å². The van der Waals surface area contributed by atoms with E-state index < -0.39 is 6.43 Å². The molecule has 120 valence electrons. The second-order valence-corrected chi connectivity index (χ2v) is 6.27. The van der Waals surface area contributed by atoms with E-state index in [1.165, 1.54) is 4.90 Å². The molecular weight excluding hydrogens is 342 g/mol. The third-order valence-corrected chi connectivity index (χ3v) is 3.48. The zero-order chi connectivity index (χ0) is 15.8. The molecule has 21 heavy (non-hydrogen) atoms. The van der Waals surface area contributed by atoms with Gasteiger partial charge in [-0.1, -0.05) is 35.8 Å². The number of nitrogens with zero attached hydrogens (tertiary/aromatic N) is 1. The fourth-order valence-corrected chi connectivity index (χ4v) is 2.42. The van der Waals surface area contributed by atoms with Crippen LogP contribution in [0.3, 0.4) is 0 Å². The first kappa shape index (κ1) is 18.3. The van der Waals surface area contributed by atoms with Crippen LogP contribution >= 0.6 is 15.9 Å². The Hall–Kier alpha value is -0.720. The molecule has 1 rings (SSSR count). The highest BCUT2D eigenvalue weighted by atomic mass is 79.9. The second-order valence-electron chi connectivity index (χ2n) is 5.36. The van der Waals surface area contributed by atoms with E-state index in [9.17, 15) is 8.78 Å². The fourth-order valence-electron chi connectivity index (χ4n) is 2.07. The molecule has 0 radical (unpaired) electrons. The maximum absolute atomic E-state index is 12.7. The van der Waals surface area contributed by atoms with Crippen LogP contribution in [0.1, 0.15) is 19.4 Å². The number of nitrogens with one attached hydrogen (secondary N) is 1. The van der Waals surface area contributed by atoms with E-state index >= 15 is 0 Å². The van der Waals surface area contributed by atoms with Crippen LogP contribution in [-0.4, -0.2) is 37.8 Å². The lowest BCUT2D eigenvalue weighted by molar-refractivity contribution is 0.152. The minimum atomic E-state index is -2.44. The summed E-state index contributed by atoms with van der Waals surface area (Å²) in [5, 5.41) is 12.4. The van der Waals surface area contributed by atoms with E-state index in [1.807, 2.05) is 18.2 Å². The standard InChI is InChI=1S/C15H23BrF2N2O/c1-11(2)8-19-9-12-3-4-13(16)7-14(12)20(5-6-21)10-15(17)18/h3-4,7,11,15,19,21H,5-6,8-10H2,1-2H3. The van der Waals surface area contributed by atoms with Gasteiger partial charge in [0, 0.05) is 23.2 Å². The normalized spacial score (nSPS) is 11.4. The molecule has 0 spiro atoms. The van der Waals surface area contributed by atoms with Crippen molar-refractivity contribution in [2.24, 2.45) is 5.92 Å². The SMILES string of the molecule is CC(C)CNCc1ccc(Br)cc1N(CCO)CC(F)F. The van der Waals surface area contributed by atoms with Crippen LogP contribution in [0.5, 0.6) is 0 Å². The number of halogens is 3. The van der Waals surface area contributed by atoms with E-state index in [4.69, 9.17) is 5.11 Å². The van der Waals surface area contributed by atoms with Crippen LogP contribution in [0, 0.1) is 5.92 Å². The summed E-state index contributed by atoms with van der Waals surface area (Å²) >= 11 is 3.38. The maximum atomic E-state index is 12.7. The highest BCUT2D eigenvalue weighted by Gasteiger charge is 2.16. The van der Waals surface area contributed by atoms with Crippen molar-refractivity contribution in [1.82, 2.24) is 5.32 Å². The smallest absolute Gasteiger partial charge is 0.255 e. The largest absolute Gasteiger partial charge is 0.395 e. The Morgan fingerprint density at radius 3 is 2.62 bits per heavy atom. The lowest BCUT2D eigenvalue weighted by Gasteiger charge is -2.26. The van der Waals surface area contributed by atoms with E-state index in [-0.39, 0.29) is 19.7 Å². The van der Waals surface area contributed by atoms with Gasteiger partial charge >= 0.3 is 0 Å². The monoisotopic (exact) mass is 364 g/mol. The van der Waals surface area contributed by atoms with Crippen LogP contribution in [0.25, 0.3) is 0 Å². The van der Waals surface area contributed by atoms with E-state index in [0.717, 1.165) is 22.3 Å². The summed E-state index contributed by atoms with van der Waals surface area (Å²) in [6.45, 7) is 5.37. The van der Waals surface area contributed by atoms with Gasteiger partial charge in [0.25, 0.3) is 6.43 Å². The number of aliphatic hydroxyl groups is 1. The van der Waals surface area contributed by atoms with Gasteiger partial charge in [0.2, 0.25) is 0 Å². The first-order valence-electron chi connectivity index (χ1n) is 7.07. The highest BCUT2D eigenvalue weighted by Crippen LogP contribution is 2.26. The van der Waals surface area contributed by atoms with Crippen molar-refractivity contribution in [2.75, 3.05) is 31.1 Å². The zero-order valence-electron chi connectivity index (χ0n) is 12.5. The number of hydrogen-bond donors (Lipinski definition) is 2. The van der Waals surface area contributed by atoms with Crippen molar-refractivity contribution in [3.8, 4) is 0 Å². The molecule has 2 N–H and O–H groups in total. The average molecular weight is 365 g/mol. The van der Waals surface area contributed by atoms with Crippen LogP contribution in [0.2, 0.25) is 0 Å². The van der Waals surface area contributed by atoms with Gasteiger partial charge in [-0.2, -0.15) is 0 Å². The Morgan fingerprint density at radius 2 is 2.05 bits per heavy atom. The lowest BCUT2D eigenvalue weighted by atomic mass is 10.1. The molecule has 0 amide bonds. The Kier molecular flexibility index (Phi) is 8.14. The zero-order valence-corrected chi connectivity index (χ0v) is 14.0. The predicted octanol–water partition coefficient (Wildman–Crippen LogP) is 3.26. The minimum absolute atomic E-state index is 0.155. The van der Waals surface area contributed by atoms with Gasteiger partial charge in [0.15, 0.2) is 0 Å². The van der Waals surface area contributed by atoms with Gasteiger partial charge < -0.3 is 15.3 Å². The lowest BCUT2D eigenvalue weighted by Crippen LogP contribution is -2.33. The summed E-state index contributed by atoms with van der Waals surface area (Å²) in [5.41, 5.74) is 1.68. The maximum Gasteiger partial charge on any atom is 0.255 e. The quantitative estimate of drug-likeness (QED) is 0.705. The third-order valence-electron chi connectivity index (χ3n) is 2.98. The van der Waals surface area contributed by atoms with Crippen molar-refractivity contribution in [2.45, 2.75) is 26.8 Å². The first-order valence-corrected chi connectivity index (χ1v) is 7.86. The Morgan fingerprint density at radius 1 is 1.33 bits per heavy atom. The predicted molar refractivity (Wildman–Crippen MR) is 86.0 cm³/mol. The summed E-state index contributed by atoms with van der Waals surface area (Å²) in [6.07, 6.45) is -2.44. The summed E-state index contributed by atoms with van der Waals surface area (Å²) < 4.78 is 26.3. The molecule has 0 bridgehead atoms. The van der Waals surface area contributed by atoms with Gasteiger partial charge in [-0.15, -0.1) is 0 Å². The van der Waals surface area contributed by atoms with Gasteiger partial charge in [-0.25, -0.2) is 8.78 Å². The van der Waals surface area contributed by atoms with Crippen molar-refractivity contribution < 1.29 is 13.9 Å². The molecule has 0 saturated heterocycles. The van der Waals surface area contributed by atoms with Crippen molar-refractivity contribution in [3.63, 3.8) is 0 Å². The Balaban J connectivity index is 2.91. The molecule has 1 aromatic carbocycles. The van der Waals surface area contributed by atoms with Gasteiger partial charge in [0.1, 0.15) is 0 Å². The number of hydrogen-bond acceptors (Lipinski definition) is 3. The molecule has 1 aromatic rings. The summed E-state index contributed by atoms with van der Waals surface area (Å²) in [6, 6.07) is 5.64. The van der Waals surface area contributed by atoms with Crippen molar-refractivity contribution >= 4 is 21.6 Å². The molecule has 0 aliphatic heterocycles. The Bertz CT molecular complexity index is 430. The van der Waals surface area contributed by atoms with E-state index in [0.29, 0.717) is 12.5 Å². The topological polar surface area (TPSA) is 35.5 Å². The first-order chi connectivity index (χ1) is 9.93. The van der Waals surface area contributed by atoms with Crippen LogP contribution in [0.4, 0.5) is 14.5 Å². The molecule has 0 heterocycles. The van der Waals surface area contributed by atoms with E-state index in [1.54, 1.807) is 0 Å². The van der Waals surface area contributed by atoms with Gasteiger partial charge in [-0.3, -0.25) is 0 Å². The molecule has 3 nitrogen and oxygen atoms in total. The number of benzene rings is 1.